The first-order valence-electron chi connectivity index (χ1n) is 8.64. The van der Waals surface area contributed by atoms with Gasteiger partial charge < -0.3 is 14.6 Å². The van der Waals surface area contributed by atoms with Crippen molar-refractivity contribution in [3.8, 4) is 5.75 Å². The first-order chi connectivity index (χ1) is 11.1. The molecule has 4 heteroatoms. The normalized spacial score (nSPS) is 37.6. The zero-order valence-corrected chi connectivity index (χ0v) is 13.4. The number of carbonyl (C=O) groups excluding carboxylic acids is 1. The maximum atomic E-state index is 12.7. The van der Waals surface area contributed by atoms with Crippen molar-refractivity contribution < 1.29 is 19.4 Å². The van der Waals surface area contributed by atoms with E-state index >= 15 is 0 Å². The van der Waals surface area contributed by atoms with Crippen molar-refractivity contribution in [2.24, 2.45) is 17.3 Å². The summed E-state index contributed by atoms with van der Waals surface area (Å²) in [7, 11) is 0. The van der Waals surface area contributed by atoms with Gasteiger partial charge in [0.25, 0.3) is 0 Å². The summed E-state index contributed by atoms with van der Waals surface area (Å²) >= 11 is 0. The van der Waals surface area contributed by atoms with Crippen LogP contribution in [0.4, 0.5) is 0 Å². The van der Waals surface area contributed by atoms with Crippen molar-refractivity contribution in [3.05, 3.63) is 30.3 Å². The lowest BCUT2D eigenvalue weighted by Gasteiger charge is -2.58. The van der Waals surface area contributed by atoms with Gasteiger partial charge in [-0.2, -0.15) is 0 Å². The summed E-state index contributed by atoms with van der Waals surface area (Å²) in [6.07, 6.45) is 5.29. The van der Waals surface area contributed by atoms with Crippen molar-refractivity contribution in [1.82, 2.24) is 0 Å². The molecule has 2 atom stereocenters. The minimum atomic E-state index is -0.621. The molecule has 4 nitrogen and oxygen atoms in total. The number of ether oxygens (including phenoxy) is 2. The smallest absolute Gasteiger partial charge is 0.312 e. The maximum Gasteiger partial charge on any atom is 0.312 e. The third-order valence-corrected chi connectivity index (χ3v) is 5.79. The van der Waals surface area contributed by atoms with Gasteiger partial charge in [0.15, 0.2) is 0 Å². The van der Waals surface area contributed by atoms with E-state index in [1.807, 2.05) is 30.3 Å². The topological polar surface area (TPSA) is 55.8 Å². The highest BCUT2D eigenvalue weighted by Crippen LogP contribution is 2.61. The zero-order valence-electron chi connectivity index (χ0n) is 13.4. The number of aliphatic hydroxyl groups is 1. The van der Waals surface area contributed by atoms with Gasteiger partial charge in [-0.15, -0.1) is 0 Å². The molecule has 1 N–H and O–H groups in total. The molecule has 4 saturated carbocycles. The summed E-state index contributed by atoms with van der Waals surface area (Å²) in [5.41, 5.74) is -1.06. The van der Waals surface area contributed by atoms with E-state index in [-0.39, 0.29) is 12.6 Å². The largest absolute Gasteiger partial charge is 0.490 e. The van der Waals surface area contributed by atoms with Crippen LogP contribution in [-0.2, 0) is 9.53 Å². The monoisotopic (exact) mass is 316 g/mol. The highest BCUT2D eigenvalue weighted by atomic mass is 16.6. The standard InChI is InChI=1S/C19H24O4/c20-17(23-7-6-22-16-4-2-1-3-5-16)18-9-14-8-15(10-18)12-19(21,11-14)13-18/h1-5,14-15,21H,6-13H2. The van der Waals surface area contributed by atoms with Crippen LogP contribution < -0.4 is 4.74 Å². The lowest BCUT2D eigenvalue weighted by molar-refractivity contribution is -0.196. The minimum absolute atomic E-state index is 0.123. The summed E-state index contributed by atoms with van der Waals surface area (Å²) in [4.78, 5) is 12.7. The van der Waals surface area contributed by atoms with E-state index < -0.39 is 11.0 Å². The van der Waals surface area contributed by atoms with E-state index in [2.05, 4.69) is 0 Å². The summed E-state index contributed by atoms with van der Waals surface area (Å²) < 4.78 is 11.1. The molecular formula is C19H24O4. The second kappa shape index (κ2) is 5.52. The SMILES string of the molecule is O=C(OCCOc1ccccc1)C12CC3CC(CC(O)(C3)C1)C2. The molecule has 0 radical (unpaired) electrons. The van der Waals surface area contributed by atoms with Crippen LogP contribution in [-0.4, -0.2) is 29.9 Å². The number of benzene rings is 1. The Morgan fingerprint density at radius 1 is 1.09 bits per heavy atom. The highest BCUT2D eigenvalue weighted by Gasteiger charge is 2.60. The molecule has 1 aromatic carbocycles. The van der Waals surface area contributed by atoms with Crippen LogP contribution in [0.5, 0.6) is 5.75 Å². The van der Waals surface area contributed by atoms with Crippen LogP contribution in [0, 0.1) is 17.3 Å². The summed E-state index contributed by atoms with van der Waals surface area (Å²) in [5, 5.41) is 10.7. The zero-order chi connectivity index (χ0) is 15.9. The van der Waals surface area contributed by atoms with Crippen molar-refractivity contribution in [2.75, 3.05) is 13.2 Å². The number of para-hydroxylation sites is 1. The summed E-state index contributed by atoms with van der Waals surface area (Å²) in [5.74, 6) is 1.65. The number of esters is 1. The Balaban J connectivity index is 1.32. The second-order valence-corrected chi connectivity index (χ2v) is 7.76. The Morgan fingerprint density at radius 3 is 2.43 bits per heavy atom. The van der Waals surface area contributed by atoms with Gasteiger partial charge in [-0.1, -0.05) is 18.2 Å². The molecule has 23 heavy (non-hydrogen) atoms. The lowest BCUT2D eigenvalue weighted by Crippen LogP contribution is -2.58. The molecule has 5 rings (SSSR count). The molecule has 4 fully saturated rings. The Morgan fingerprint density at radius 2 is 1.78 bits per heavy atom. The highest BCUT2D eigenvalue weighted by molar-refractivity contribution is 5.77. The molecule has 4 aliphatic carbocycles. The number of rotatable bonds is 5. The molecule has 0 aromatic heterocycles. The number of hydrogen-bond donors (Lipinski definition) is 1. The van der Waals surface area contributed by atoms with Gasteiger partial charge in [0.1, 0.15) is 19.0 Å². The van der Waals surface area contributed by atoms with Gasteiger partial charge >= 0.3 is 5.97 Å². The fraction of sp³-hybridized carbons (Fsp3) is 0.632. The lowest BCUT2D eigenvalue weighted by atomic mass is 9.48. The van der Waals surface area contributed by atoms with E-state index in [1.165, 1.54) is 6.42 Å². The van der Waals surface area contributed by atoms with Crippen molar-refractivity contribution in [3.63, 3.8) is 0 Å². The Hall–Kier alpha value is -1.55. The first-order valence-corrected chi connectivity index (χ1v) is 8.64. The van der Waals surface area contributed by atoms with Gasteiger partial charge in [-0.25, -0.2) is 0 Å². The van der Waals surface area contributed by atoms with Crippen LogP contribution in [0.25, 0.3) is 0 Å². The van der Waals surface area contributed by atoms with Gasteiger partial charge in [0.2, 0.25) is 0 Å². The van der Waals surface area contributed by atoms with Crippen molar-refractivity contribution >= 4 is 5.97 Å². The van der Waals surface area contributed by atoms with E-state index in [0.717, 1.165) is 31.4 Å². The van der Waals surface area contributed by atoms with Gasteiger partial charge in [0, 0.05) is 0 Å². The van der Waals surface area contributed by atoms with Crippen LogP contribution in [0.15, 0.2) is 30.3 Å². The van der Waals surface area contributed by atoms with Crippen LogP contribution >= 0.6 is 0 Å². The molecule has 4 aliphatic rings. The van der Waals surface area contributed by atoms with E-state index in [1.54, 1.807) is 0 Å². The van der Waals surface area contributed by atoms with Gasteiger partial charge in [0.05, 0.1) is 11.0 Å². The Kier molecular flexibility index (Phi) is 3.60. The third-order valence-electron chi connectivity index (χ3n) is 5.79. The summed E-state index contributed by atoms with van der Waals surface area (Å²) in [6, 6.07) is 9.53. The minimum Gasteiger partial charge on any atom is -0.490 e. The Bertz CT molecular complexity index is 568. The van der Waals surface area contributed by atoms with E-state index in [9.17, 15) is 9.90 Å². The number of carbonyl (C=O) groups is 1. The predicted octanol–water partition coefficient (Wildman–Crippen LogP) is 2.94. The first kappa shape index (κ1) is 15.0. The third kappa shape index (κ3) is 2.85. The number of hydrogen-bond acceptors (Lipinski definition) is 4. The average molecular weight is 316 g/mol. The molecule has 124 valence electrons. The molecular weight excluding hydrogens is 292 g/mol. The molecule has 0 aliphatic heterocycles. The summed E-state index contributed by atoms with van der Waals surface area (Å²) in [6.45, 7) is 0.631. The van der Waals surface area contributed by atoms with Gasteiger partial charge in [-0.3, -0.25) is 4.79 Å². The van der Waals surface area contributed by atoms with E-state index in [4.69, 9.17) is 9.47 Å². The van der Waals surface area contributed by atoms with E-state index in [0.29, 0.717) is 24.9 Å². The fourth-order valence-corrected chi connectivity index (χ4v) is 5.42. The Labute approximate surface area is 136 Å². The fourth-order valence-electron chi connectivity index (χ4n) is 5.42. The van der Waals surface area contributed by atoms with Gasteiger partial charge in [-0.05, 0) is 62.5 Å². The molecule has 2 unspecified atom stereocenters. The average Bonchev–Trinajstić information content (AvgIpc) is 2.50. The van der Waals surface area contributed by atoms with Crippen LogP contribution in [0.1, 0.15) is 38.5 Å². The molecule has 0 spiro atoms. The molecule has 0 saturated heterocycles. The van der Waals surface area contributed by atoms with Crippen LogP contribution in [0.3, 0.4) is 0 Å². The predicted molar refractivity (Wildman–Crippen MR) is 85.0 cm³/mol. The molecule has 4 bridgehead atoms. The van der Waals surface area contributed by atoms with Crippen molar-refractivity contribution in [2.45, 2.75) is 44.1 Å². The van der Waals surface area contributed by atoms with Crippen LogP contribution in [0.2, 0.25) is 0 Å². The second-order valence-electron chi connectivity index (χ2n) is 7.76. The molecule has 0 heterocycles. The molecule has 1 aromatic rings. The quantitative estimate of drug-likeness (QED) is 0.670. The maximum absolute atomic E-state index is 12.7. The van der Waals surface area contributed by atoms with Crippen molar-refractivity contribution in [1.29, 1.82) is 0 Å². The molecule has 0 amide bonds.